The predicted molar refractivity (Wildman–Crippen MR) is 71.7 cm³/mol. The molecule has 0 saturated heterocycles. The summed E-state index contributed by atoms with van der Waals surface area (Å²) < 4.78 is 13.2. The maximum atomic E-state index is 12.2. The number of hydrogen-bond donors (Lipinski definition) is 0. The Kier molecular flexibility index (Phi) is 3.15. The Morgan fingerprint density at radius 2 is 2.06 bits per heavy atom. The standard InChI is InChI=1S/C13H15NO2S/c1-9-4-5-12-11(6-9)13(15)10(7-14(12)2)8-17(3)16/h4-7H,8H2,1-3H3. The number of aryl methyl sites for hydroxylation is 2. The van der Waals surface area contributed by atoms with E-state index in [0.717, 1.165) is 11.1 Å². The van der Waals surface area contributed by atoms with Gasteiger partial charge in [-0.05, 0) is 19.1 Å². The first-order valence-electron chi connectivity index (χ1n) is 5.38. The Morgan fingerprint density at radius 3 is 2.71 bits per heavy atom. The molecule has 1 unspecified atom stereocenters. The van der Waals surface area contributed by atoms with E-state index in [9.17, 15) is 9.00 Å². The molecule has 0 bridgehead atoms. The van der Waals surface area contributed by atoms with Crippen LogP contribution in [0.25, 0.3) is 10.9 Å². The third-order valence-corrected chi connectivity index (χ3v) is 3.49. The normalized spacial score (nSPS) is 12.9. The van der Waals surface area contributed by atoms with E-state index in [0.29, 0.717) is 16.7 Å². The van der Waals surface area contributed by atoms with Gasteiger partial charge in [0.15, 0.2) is 5.43 Å². The van der Waals surface area contributed by atoms with Crippen molar-refractivity contribution >= 4 is 21.7 Å². The van der Waals surface area contributed by atoms with Crippen molar-refractivity contribution in [3.63, 3.8) is 0 Å². The fraction of sp³-hybridized carbons (Fsp3) is 0.308. The summed E-state index contributed by atoms with van der Waals surface area (Å²) in [5, 5.41) is 0.704. The van der Waals surface area contributed by atoms with Crippen LogP contribution >= 0.6 is 0 Å². The molecule has 0 aliphatic carbocycles. The second-order valence-corrected chi connectivity index (χ2v) is 5.77. The molecule has 1 atom stereocenters. The highest BCUT2D eigenvalue weighted by atomic mass is 32.2. The van der Waals surface area contributed by atoms with Crippen LogP contribution in [0.3, 0.4) is 0 Å². The van der Waals surface area contributed by atoms with Crippen LogP contribution in [0.5, 0.6) is 0 Å². The quantitative estimate of drug-likeness (QED) is 0.813. The number of benzene rings is 1. The maximum absolute atomic E-state index is 12.2. The second-order valence-electron chi connectivity index (χ2n) is 4.33. The zero-order valence-electron chi connectivity index (χ0n) is 10.2. The molecular formula is C13H15NO2S. The summed E-state index contributed by atoms with van der Waals surface area (Å²) in [7, 11) is 0.905. The van der Waals surface area contributed by atoms with E-state index in [1.807, 2.05) is 36.7 Å². The van der Waals surface area contributed by atoms with Crippen LogP contribution in [0, 0.1) is 6.92 Å². The van der Waals surface area contributed by atoms with E-state index >= 15 is 0 Å². The molecule has 17 heavy (non-hydrogen) atoms. The molecule has 90 valence electrons. The zero-order valence-corrected chi connectivity index (χ0v) is 11.0. The van der Waals surface area contributed by atoms with Crippen molar-refractivity contribution < 1.29 is 4.21 Å². The molecule has 0 fully saturated rings. The summed E-state index contributed by atoms with van der Waals surface area (Å²) in [5.41, 5.74) is 2.58. The van der Waals surface area contributed by atoms with Gasteiger partial charge in [-0.15, -0.1) is 0 Å². The number of fused-ring (bicyclic) bond motifs is 1. The highest BCUT2D eigenvalue weighted by Gasteiger charge is 2.08. The molecule has 2 rings (SSSR count). The molecule has 0 amide bonds. The molecule has 0 spiro atoms. The lowest BCUT2D eigenvalue weighted by Gasteiger charge is -2.08. The van der Waals surface area contributed by atoms with Gasteiger partial charge < -0.3 is 4.57 Å². The number of pyridine rings is 1. The maximum Gasteiger partial charge on any atom is 0.193 e. The van der Waals surface area contributed by atoms with Crippen LogP contribution in [0.4, 0.5) is 0 Å². The van der Waals surface area contributed by atoms with Gasteiger partial charge in [0.05, 0.1) is 11.3 Å². The van der Waals surface area contributed by atoms with Crippen LogP contribution in [0.1, 0.15) is 11.1 Å². The predicted octanol–water partition coefficient (Wildman–Crippen LogP) is 1.73. The molecule has 1 aromatic heterocycles. The molecule has 2 aromatic rings. The van der Waals surface area contributed by atoms with E-state index in [-0.39, 0.29) is 5.43 Å². The third kappa shape index (κ3) is 2.31. The lowest BCUT2D eigenvalue weighted by atomic mass is 10.1. The van der Waals surface area contributed by atoms with Crippen LogP contribution in [-0.2, 0) is 23.6 Å². The Morgan fingerprint density at radius 1 is 1.35 bits per heavy atom. The average Bonchev–Trinajstić information content (AvgIpc) is 2.24. The van der Waals surface area contributed by atoms with Crippen molar-refractivity contribution in [2.24, 2.45) is 7.05 Å². The van der Waals surface area contributed by atoms with Crippen molar-refractivity contribution in [2.75, 3.05) is 6.26 Å². The lowest BCUT2D eigenvalue weighted by Crippen LogP contribution is -2.14. The first-order valence-corrected chi connectivity index (χ1v) is 7.10. The molecule has 0 aliphatic heterocycles. The van der Waals surface area contributed by atoms with Gasteiger partial charge in [-0.2, -0.15) is 0 Å². The van der Waals surface area contributed by atoms with Crippen LogP contribution < -0.4 is 5.43 Å². The second kappa shape index (κ2) is 4.45. The molecule has 1 aromatic carbocycles. The van der Waals surface area contributed by atoms with E-state index < -0.39 is 10.8 Å². The molecule has 0 N–H and O–H groups in total. The van der Waals surface area contributed by atoms with Gasteiger partial charge in [-0.25, -0.2) is 0 Å². The minimum Gasteiger partial charge on any atom is -0.350 e. The van der Waals surface area contributed by atoms with Crippen molar-refractivity contribution in [1.29, 1.82) is 0 Å². The highest BCUT2D eigenvalue weighted by molar-refractivity contribution is 7.83. The van der Waals surface area contributed by atoms with E-state index in [1.165, 1.54) is 0 Å². The SMILES string of the molecule is Cc1ccc2c(c1)c(=O)c(CS(C)=O)cn2C. The molecular weight excluding hydrogens is 234 g/mol. The molecule has 3 nitrogen and oxygen atoms in total. The van der Waals surface area contributed by atoms with Crippen molar-refractivity contribution in [1.82, 2.24) is 4.57 Å². The summed E-state index contributed by atoms with van der Waals surface area (Å²) in [6.07, 6.45) is 3.39. The highest BCUT2D eigenvalue weighted by Crippen LogP contribution is 2.13. The number of hydrogen-bond acceptors (Lipinski definition) is 2. The zero-order chi connectivity index (χ0) is 12.6. The summed E-state index contributed by atoms with van der Waals surface area (Å²) in [6, 6.07) is 5.82. The van der Waals surface area contributed by atoms with Gasteiger partial charge in [0, 0.05) is 41.2 Å². The lowest BCUT2D eigenvalue weighted by molar-refractivity contribution is 0.686. The Balaban J connectivity index is 2.78. The smallest absolute Gasteiger partial charge is 0.193 e. The fourth-order valence-corrected chi connectivity index (χ4v) is 2.64. The van der Waals surface area contributed by atoms with E-state index in [2.05, 4.69) is 0 Å². The summed E-state index contributed by atoms with van der Waals surface area (Å²) in [5.74, 6) is 0.316. The molecule has 4 heteroatoms. The van der Waals surface area contributed by atoms with Gasteiger partial charge in [-0.3, -0.25) is 9.00 Å². The molecule has 0 aliphatic rings. The fourth-order valence-electron chi connectivity index (χ4n) is 2.00. The van der Waals surface area contributed by atoms with E-state index in [1.54, 1.807) is 12.5 Å². The number of nitrogens with zero attached hydrogens (tertiary/aromatic N) is 1. The molecule has 0 saturated carbocycles. The minimum absolute atomic E-state index is 0.00278. The first-order chi connectivity index (χ1) is 7.99. The summed E-state index contributed by atoms with van der Waals surface area (Å²) in [6.45, 7) is 1.96. The van der Waals surface area contributed by atoms with Crippen LogP contribution in [0.15, 0.2) is 29.2 Å². The van der Waals surface area contributed by atoms with Crippen LogP contribution in [0.2, 0.25) is 0 Å². The van der Waals surface area contributed by atoms with Crippen molar-refractivity contribution in [2.45, 2.75) is 12.7 Å². The number of aromatic nitrogens is 1. The third-order valence-electron chi connectivity index (χ3n) is 2.78. The van der Waals surface area contributed by atoms with Gasteiger partial charge in [-0.1, -0.05) is 11.6 Å². The Labute approximate surface area is 103 Å². The van der Waals surface area contributed by atoms with Gasteiger partial charge >= 0.3 is 0 Å². The Hall–Kier alpha value is -1.42. The summed E-state index contributed by atoms with van der Waals surface area (Å²) >= 11 is 0. The topological polar surface area (TPSA) is 39.1 Å². The molecule has 1 heterocycles. The van der Waals surface area contributed by atoms with Crippen molar-refractivity contribution in [3.8, 4) is 0 Å². The van der Waals surface area contributed by atoms with Crippen molar-refractivity contribution in [3.05, 3.63) is 45.7 Å². The largest absolute Gasteiger partial charge is 0.350 e. The Bertz CT molecular complexity index is 658. The molecule has 0 radical (unpaired) electrons. The van der Waals surface area contributed by atoms with Gasteiger partial charge in [0.1, 0.15) is 0 Å². The average molecular weight is 249 g/mol. The summed E-state index contributed by atoms with van der Waals surface area (Å²) in [4.78, 5) is 12.2. The van der Waals surface area contributed by atoms with Gasteiger partial charge in [0.25, 0.3) is 0 Å². The monoisotopic (exact) mass is 249 g/mol. The van der Waals surface area contributed by atoms with E-state index in [4.69, 9.17) is 0 Å². The van der Waals surface area contributed by atoms with Crippen LogP contribution in [-0.4, -0.2) is 15.0 Å². The first kappa shape index (κ1) is 12.0. The number of rotatable bonds is 2. The van der Waals surface area contributed by atoms with Gasteiger partial charge in [0.2, 0.25) is 0 Å². The minimum atomic E-state index is -0.997.